The van der Waals surface area contributed by atoms with E-state index in [2.05, 4.69) is 15.1 Å². The maximum Gasteiger partial charge on any atom is 0.351 e. The number of aromatic nitrogens is 5. The molecule has 0 aromatic carbocycles. The van der Waals surface area contributed by atoms with Gasteiger partial charge in [0.25, 0.3) is 0 Å². The topological polar surface area (TPSA) is 136 Å². The minimum Gasteiger partial charge on any atom is -0.394 e. The van der Waals surface area contributed by atoms with Crippen LogP contribution < -0.4 is 5.69 Å². The van der Waals surface area contributed by atoms with Crippen molar-refractivity contribution in [3.05, 3.63) is 35.4 Å². The first-order valence-corrected chi connectivity index (χ1v) is 6.18. The maximum absolute atomic E-state index is 12.0. The van der Waals surface area contributed by atoms with Crippen LogP contribution in [0, 0.1) is 132 Å². The molecule has 2 aromatic heterocycles. The Bertz CT molecular complexity index is 685. The fraction of sp³-hybridized carbons (Fsp3) is 0.455. The zero-order valence-electron chi connectivity index (χ0n) is 12.5. The summed E-state index contributed by atoms with van der Waals surface area (Å²) in [5.74, 6) is 0.264. The smallest absolute Gasteiger partial charge is 0.351 e. The molecule has 1 saturated heterocycles. The van der Waals surface area contributed by atoms with E-state index >= 15 is 0 Å². The Morgan fingerprint density at radius 1 is 1.21 bits per heavy atom. The van der Waals surface area contributed by atoms with Crippen molar-refractivity contribution in [3.63, 3.8) is 0 Å². The van der Waals surface area contributed by atoms with E-state index in [-0.39, 0.29) is 138 Å². The van der Waals surface area contributed by atoms with Crippen molar-refractivity contribution in [2.45, 2.75) is 24.5 Å². The zero-order valence-corrected chi connectivity index (χ0v) is 26.7. The Morgan fingerprint density at radius 2 is 1.92 bits per heavy atom. The van der Waals surface area contributed by atoms with Gasteiger partial charge in [0.05, 0.1) is 6.61 Å². The number of hydrogen-bond donors (Lipinski definition) is 3. The number of aliphatic hydroxyl groups excluding tert-OH is 3. The van der Waals surface area contributed by atoms with Crippen molar-refractivity contribution in [2.75, 3.05) is 6.61 Å². The molecule has 13 heteroatoms. The number of hydrogen-bond acceptors (Lipinski definition) is 8. The van der Waals surface area contributed by atoms with E-state index in [4.69, 9.17) is 9.84 Å². The predicted octanol–water partition coefficient (Wildman–Crippen LogP) is -2.56. The van der Waals surface area contributed by atoms with Gasteiger partial charge >= 0.3 is 5.69 Å². The van der Waals surface area contributed by atoms with Gasteiger partial charge in [0.2, 0.25) is 0 Å². The van der Waals surface area contributed by atoms with E-state index < -0.39 is 36.8 Å². The molecule has 3 radical (unpaired) electrons. The van der Waals surface area contributed by atoms with Crippen LogP contribution in [0.3, 0.4) is 0 Å². The van der Waals surface area contributed by atoms with Crippen LogP contribution in [0.5, 0.6) is 0 Å². The normalized spacial score (nSPS) is 25.3. The first kappa shape index (κ1) is 26.2. The molecule has 3 N–H and O–H groups in total. The Hall–Kier alpha value is 2.18. The van der Waals surface area contributed by atoms with Gasteiger partial charge in [-0.2, -0.15) is 10.1 Å². The van der Waals surface area contributed by atoms with Gasteiger partial charge in [-0.05, 0) is 6.07 Å². The molecule has 1 aliphatic heterocycles. The van der Waals surface area contributed by atoms with Crippen LogP contribution in [0.15, 0.2) is 29.7 Å². The van der Waals surface area contributed by atoms with E-state index in [1.807, 2.05) is 0 Å². The molecule has 4 atom stereocenters. The maximum atomic E-state index is 12.0. The van der Waals surface area contributed by atoms with Gasteiger partial charge < -0.3 is 20.1 Å². The molecular formula is C11H13Ac3N5O5. The molecule has 1 aliphatic rings. The summed E-state index contributed by atoms with van der Waals surface area (Å²) in [4.78, 5) is 19.6. The van der Waals surface area contributed by atoms with Crippen molar-refractivity contribution in [2.24, 2.45) is 0 Å². The van der Waals surface area contributed by atoms with Gasteiger partial charge in [-0.1, -0.05) is 0 Å². The molecule has 3 rings (SSSR count). The zero-order chi connectivity index (χ0) is 15.0. The third-order valence-corrected chi connectivity index (χ3v) is 3.26. The summed E-state index contributed by atoms with van der Waals surface area (Å²) in [7, 11) is 0. The molecule has 0 bridgehead atoms. The number of ether oxygens (including phenoxy) is 1. The molecule has 1 fully saturated rings. The van der Waals surface area contributed by atoms with Crippen LogP contribution in [0.2, 0.25) is 0 Å². The SMILES string of the molecule is O=c1nc(-n2cncn2)ccn1C1OC(CO)C(O)C1O.[Ac].[Ac].[Ac]. The monoisotopic (exact) mass is 976 g/mol. The largest absolute Gasteiger partial charge is 0.394 e. The summed E-state index contributed by atoms with van der Waals surface area (Å²) >= 11 is 0. The van der Waals surface area contributed by atoms with Crippen LogP contribution in [-0.2, 0) is 4.74 Å². The van der Waals surface area contributed by atoms with Crippen molar-refractivity contribution in [1.29, 1.82) is 0 Å². The molecule has 10 nitrogen and oxygen atoms in total. The summed E-state index contributed by atoms with van der Waals surface area (Å²) < 4.78 is 7.62. The minimum atomic E-state index is -1.33. The van der Waals surface area contributed by atoms with E-state index in [1.54, 1.807) is 0 Å². The summed E-state index contributed by atoms with van der Waals surface area (Å²) in [5.41, 5.74) is -0.683. The molecule has 121 valence electrons. The average Bonchev–Trinajstić information content (AvgIpc) is 3.10. The van der Waals surface area contributed by atoms with Crippen LogP contribution in [-0.4, -0.2) is 64.6 Å². The molecule has 3 heterocycles. The fourth-order valence-electron chi connectivity index (χ4n) is 2.16. The first-order chi connectivity index (χ1) is 10.1. The standard InChI is InChI=1S/C11H13N5O5.3Ac/c17-3-6-8(18)9(19)10(21-6)15-2-1-7(14-11(15)20)16-5-12-4-13-16;;;/h1-2,4-6,8-10,17-19H,3H2;;;. The molecule has 0 spiro atoms. The van der Waals surface area contributed by atoms with E-state index in [9.17, 15) is 15.0 Å². The van der Waals surface area contributed by atoms with Gasteiger partial charge in [-0.15, -0.1) is 0 Å². The van der Waals surface area contributed by atoms with Crippen molar-refractivity contribution in [1.82, 2.24) is 24.3 Å². The van der Waals surface area contributed by atoms with E-state index in [0.29, 0.717) is 0 Å². The molecule has 24 heavy (non-hydrogen) atoms. The van der Waals surface area contributed by atoms with Crippen molar-refractivity contribution < 1.29 is 152 Å². The minimum absolute atomic E-state index is 0. The molecule has 0 amide bonds. The van der Waals surface area contributed by atoms with Gasteiger partial charge in [-0.3, -0.25) is 4.57 Å². The van der Waals surface area contributed by atoms with Gasteiger partial charge in [-0.25, -0.2) is 14.5 Å². The molecule has 4 unspecified atom stereocenters. The summed E-state index contributed by atoms with van der Waals surface area (Å²) in [6.07, 6.45) is -0.612. The third kappa shape index (κ3) is 5.60. The number of aliphatic hydroxyl groups is 3. The quantitative estimate of drug-likeness (QED) is 0.306. The summed E-state index contributed by atoms with van der Waals surface area (Å²) in [6.45, 7) is -0.464. The van der Waals surface area contributed by atoms with Gasteiger partial charge in [0.15, 0.2) is 12.0 Å². The average molecular weight is 976 g/mol. The van der Waals surface area contributed by atoms with Gasteiger partial charge in [0, 0.05) is 138 Å². The predicted molar refractivity (Wildman–Crippen MR) is 66.4 cm³/mol. The second-order valence-corrected chi connectivity index (χ2v) is 4.54. The summed E-state index contributed by atoms with van der Waals surface area (Å²) in [5, 5.41) is 32.5. The second-order valence-electron chi connectivity index (χ2n) is 4.54. The molecule has 0 aliphatic carbocycles. The molecule has 2 aromatic rings. The Balaban J connectivity index is 0.00000176. The fourth-order valence-corrected chi connectivity index (χ4v) is 2.16. The van der Waals surface area contributed by atoms with Gasteiger partial charge in [0.1, 0.15) is 31.0 Å². The van der Waals surface area contributed by atoms with E-state index in [1.165, 1.54) is 29.6 Å². The van der Waals surface area contributed by atoms with Crippen LogP contribution in [0.4, 0.5) is 0 Å². The Kier molecular flexibility index (Phi) is 13.0. The van der Waals surface area contributed by atoms with Crippen LogP contribution >= 0.6 is 0 Å². The van der Waals surface area contributed by atoms with Crippen molar-refractivity contribution in [3.8, 4) is 5.82 Å². The summed E-state index contributed by atoms with van der Waals surface area (Å²) in [6, 6.07) is 1.49. The van der Waals surface area contributed by atoms with Crippen LogP contribution in [0.1, 0.15) is 6.23 Å². The number of nitrogens with zero attached hydrogens (tertiary/aromatic N) is 5. The molecule has 0 saturated carbocycles. The van der Waals surface area contributed by atoms with Crippen molar-refractivity contribution >= 4 is 0 Å². The first-order valence-electron chi connectivity index (χ1n) is 6.18. The second kappa shape index (κ2) is 11.9. The number of rotatable bonds is 3. The van der Waals surface area contributed by atoms with E-state index in [0.717, 1.165) is 4.57 Å². The Morgan fingerprint density at radius 3 is 2.42 bits per heavy atom. The third-order valence-electron chi connectivity index (χ3n) is 3.26. The Labute approximate surface area is 244 Å². The van der Waals surface area contributed by atoms with Crippen LogP contribution in [0.25, 0.3) is 5.82 Å². The molecular weight excluding hydrogens is 963 g/mol.